The molecule has 4 rings (SSSR count). The highest BCUT2D eigenvalue weighted by molar-refractivity contribution is 6.19. The molecule has 3 amide bonds. The van der Waals surface area contributed by atoms with Crippen LogP contribution in [0.5, 0.6) is 0 Å². The third-order valence-electron chi connectivity index (χ3n) is 6.06. The Bertz CT molecular complexity index is 985. The second-order valence-corrected chi connectivity index (χ2v) is 7.93. The number of likely N-dealkylation sites (N-methyl/N-ethyl adjacent to an activating group) is 1. The Balaban J connectivity index is 2.02. The number of carbonyl (C=O) groups is 2. The molecule has 0 saturated carbocycles. The van der Waals surface area contributed by atoms with E-state index in [1.807, 2.05) is 59.5 Å². The van der Waals surface area contributed by atoms with Gasteiger partial charge in [-0.15, -0.1) is 0 Å². The van der Waals surface area contributed by atoms with E-state index in [9.17, 15) is 9.59 Å². The Kier molecular flexibility index (Phi) is 5.37. The largest absolute Gasteiger partial charge is 0.330 e. The van der Waals surface area contributed by atoms with Crippen LogP contribution < -0.4 is 9.80 Å². The first-order valence-corrected chi connectivity index (χ1v) is 10.8. The van der Waals surface area contributed by atoms with E-state index >= 15 is 0 Å². The van der Waals surface area contributed by atoms with Gasteiger partial charge in [-0.3, -0.25) is 14.6 Å². The van der Waals surface area contributed by atoms with Crippen molar-refractivity contribution in [2.24, 2.45) is 0 Å². The van der Waals surface area contributed by atoms with Gasteiger partial charge in [0.25, 0.3) is 5.91 Å². The van der Waals surface area contributed by atoms with Crippen LogP contribution in [-0.4, -0.2) is 30.4 Å². The number of para-hydroxylation sites is 2. The second-order valence-electron chi connectivity index (χ2n) is 7.93. The number of hydrogen-bond acceptors (Lipinski definition) is 2. The summed E-state index contributed by atoms with van der Waals surface area (Å²) in [4.78, 5) is 33.1. The van der Waals surface area contributed by atoms with E-state index in [1.54, 1.807) is 16.8 Å². The summed E-state index contributed by atoms with van der Waals surface area (Å²) >= 11 is 0. The highest BCUT2D eigenvalue weighted by atomic mass is 16.2. The SMILES string of the molecule is CCC/C=C1\N(CCCC)C(=O)N(c2ccccc2)C12C(=O)N(C)c1ccccc12. The number of amides is 3. The summed E-state index contributed by atoms with van der Waals surface area (Å²) in [5, 5.41) is 0. The number of carbonyl (C=O) groups excluding carboxylic acids is 2. The van der Waals surface area contributed by atoms with E-state index in [1.165, 1.54) is 0 Å². The molecule has 2 heterocycles. The summed E-state index contributed by atoms with van der Waals surface area (Å²) in [5.74, 6) is -0.0812. The first-order valence-electron chi connectivity index (χ1n) is 10.8. The van der Waals surface area contributed by atoms with Crippen LogP contribution in [0.25, 0.3) is 0 Å². The number of nitrogens with zero attached hydrogens (tertiary/aromatic N) is 3. The summed E-state index contributed by atoms with van der Waals surface area (Å²) in [6, 6.07) is 17.3. The van der Waals surface area contributed by atoms with Gasteiger partial charge in [-0.1, -0.05) is 69.2 Å². The van der Waals surface area contributed by atoms with Crippen molar-refractivity contribution in [3.8, 4) is 0 Å². The van der Waals surface area contributed by atoms with E-state index in [-0.39, 0.29) is 11.9 Å². The summed E-state index contributed by atoms with van der Waals surface area (Å²) in [6.45, 7) is 4.84. The van der Waals surface area contributed by atoms with Gasteiger partial charge in [0.05, 0.1) is 5.70 Å². The van der Waals surface area contributed by atoms with Crippen molar-refractivity contribution < 1.29 is 9.59 Å². The average Bonchev–Trinajstić information content (AvgIpc) is 3.15. The lowest BCUT2D eigenvalue weighted by Crippen LogP contribution is -2.51. The maximum Gasteiger partial charge on any atom is 0.330 e. The molecule has 2 aliphatic heterocycles. The van der Waals surface area contributed by atoms with Crippen LogP contribution in [0.3, 0.4) is 0 Å². The van der Waals surface area contributed by atoms with Gasteiger partial charge in [-0.2, -0.15) is 0 Å². The van der Waals surface area contributed by atoms with E-state index in [0.717, 1.165) is 48.3 Å². The van der Waals surface area contributed by atoms with E-state index < -0.39 is 5.54 Å². The molecule has 0 radical (unpaired) electrons. The van der Waals surface area contributed by atoms with Crippen molar-refractivity contribution in [1.82, 2.24) is 4.90 Å². The summed E-state index contributed by atoms with van der Waals surface area (Å²) < 4.78 is 0. The quantitative estimate of drug-likeness (QED) is 0.658. The number of allylic oxidation sites excluding steroid dienone is 1. The smallest absolute Gasteiger partial charge is 0.312 e. The topological polar surface area (TPSA) is 43.9 Å². The lowest BCUT2D eigenvalue weighted by Gasteiger charge is -2.33. The fourth-order valence-corrected chi connectivity index (χ4v) is 4.63. The van der Waals surface area contributed by atoms with Gasteiger partial charge in [0.15, 0.2) is 5.54 Å². The number of fused-ring (bicyclic) bond motifs is 2. The van der Waals surface area contributed by atoms with Crippen LogP contribution in [-0.2, 0) is 10.3 Å². The van der Waals surface area contributed by atoms with E-state index in [0.29, 0.717) is 6.54 Å². The second kappa shape index (κ2) is 7.98. The molecule has 156 valence electrons. The van der Waals surface area contributed by atoms with Crippen molar-refractivity contribution in [3.05, 3.63) is 71.9 Å². The Hall–Kier alpha value is -3.08. The molecular weight excluding hydrogens is 374 g/mol. The van der Waals surface area contributed by atoms with Crippen molar-refractivity contribution >= 4 is 23.3 Å². The van der Waals surface area contributed by atoms with E-state index in [2.05, 4.69) is 19.9 Å². The third-order valence-corrected chi connectivity index (χ3v) is 6.06. The summed E-state index contributed by atoms with van der Waals surface area (Å²) in [5.41, 5.74) is 2.11. The van der Waals surface area contributed by atoms with Gasteiger partial charge >= 0.3 is 6.03 Å². The lowest BCUT2D eigenvalue weighted by atomic mass is 9.85. The average molecular weight is 404 g/mol. The minimum Gasteiger partial charge on any atom is -0.312 e. The molecule has 2 aliphatic rings. The first kappa shape index (κ1) is 20.2. The van der Waals surface area contributed by atoms with Gasteiger partial charge in [0.2, 0.25) is 0 Å². The molecule has 2 aromatic carbocycles. The number of urea groups is 1. The maximum absolute atomic E-state index is 14.0. The highest BCUT2D eigenvalue weighted by Crippen LogP contribution is 2.54. The number of hydrogen-bond donors (Lipinski definition) is 0. The molecule has 0 aliphatic carbocycles. The standard InChI is InChI=1S/C25H29N3O2/c1-4-6-17-22-25(20-15-11-12-16-21(20)26(3)23(25)29)28(19-13-9-8-10-14-19)24(30)27(22)18-7-5-2/h8-17H,4-7,18H2,1-3H3/b22-17-. The van der Waals surface area contributed by atoms with Crippen LogP contribution in [0.4, 0.5) is 16.2 Å². The Morgan fingerprint density at radius 3 is 2.33 bits per heavy atom. The molecule has 1 saturated heterocycles. The Morgan fingerprint density at radius 1 is 0.933 bits per heavy atom. The van der Waals surface area contributed by atoms with Gasteiger partial charge in [0.1, 0.15) is 0 Å². The molecule has 0 bridgehead atoms. The number of anilines is 2. The zero-order chi connectivity index (χ0) is 21.3. The fraction of sp³-hybridized carbons (Fsp3) is 0.360. The van der Waals surface area contributed by atoms with Crippen LogP contribution in [0.15, 0.2) is 66.4 Å². The van der Waals surface area contributed by atoms with Crippen LogP contribution in [0.1, 0.15) is 45.1 Å². The molecule has 1 unspecified atom stereocenters. The molecule has 1 fully saturated rings. The van der Waals surface area contributed by atoms with Crippen molar-refractivity contribution in [2.75, 3.05) is 23.4 Å². The van der Waals surface area contributed by atoms with Gasteiger partial charge < -0.3 is 4.90 Å². The zero-order valence-corrected chi connectivity index (χ0v) is 18.0. The first-order chi connectivity index (χ1) is 14.6. The monoisotopic (exact) mass is 403 g/mol. The normalized spacial score (nSPS) is 22.0. The zero-order valence-electron chi connectivity index (χ0n) is 18.0. The Labute approximate surface area is 178 Å². The molecule has 1 spiro atoms. The molecule has 30 heavy (non-hydrogen) atoms. The fourth-order valence-electron chi connectivity index (χ4n) is 4.63. The van der Waals surface area contributed by atoms with Crippen molar-refractivity contribution in [1.29, 1.82) is 0 Å². The van der Waals surface area contributed by atoms with Gasteiger partial charge in [-0.25, -0.2) is 4.79 Å². The molecule has 2 aromatic rings. The Morgan fingerprint density at radius 2 is 1.63 bits per heavy atom. The predicted molar refractivity (Wildman–Crippen MR) is 120 cm³/mol. The van der Waals surface area contributed by atoms with Crippen LogP contribution >= 0.6 is 0 Å². The highest BCUT2D eigenvalue weighted by Gasteiger charge is 2.65. The predicted octanol–water partition coefficient (Wildman–Crippen LogP) is 5.28. The van der Waals surface area contributed by atoms with Crippen LogP contribution in [0, 0.1) is 0 Å². The number of unbranched alkanes of at least 4 members (excludes halogenated alkanes) is 2. The van der Waals surface area contributed by atoms with E-state index in [4.69, 9.17) is 0 Å². The van der Waals surface area contributed by atoms with Gasteiger partial charge in [0, 0.05) is 30.5 Å². The third kappa shape index (κ3) is 2.76. The molecule has 0 aromatic heterocycles. The van der Waals surface area contributed by atoms with Crippen molar-refractivity contribution in [3.63, 3.8) is 0 Å². The molecule has 5 heteroatoms. The van der Waals surface area contributed by atoms with Crippen molar-refractivity contribution in [2.45, 2.75) is 45.1 Å². The summed E-state index contributed by atoms with van der Waals surface area (Å²) in [6.07, 6.45) is 5.73. The number of benzene rings is 2. The van der Waals surface area contributed by atoms with Gasteiger partial charge in [-0.05, 0) is 31.0 Å². The molecular formula is C25H29N3O2. The molecule has 5 nitrogen and oxygen atoms in total. The van der Waals surface area contributed by atoms with Crippen LogP contribution in [0.2, 0.25) is 0 Å². The maximum atomic E-state index is 14.0. The minimum absolute atomic E-state index is 0.0812. The number of rotatable bonds is 6. The molecule has 0 N–H and O–H groups in total. The summed E-state index contributed by atoms with van der Waals surface area (Å²) in [7, 11) is 1.80. The molecule has 1 atom stereocenters. The minimum atomic E-state index is -1.16. The lowest BCUT2D eigenvalue weighted by molar-refractivity contribution is -0.121.